The zero-order valence-corrected chi connectivity index (χ0v) is 14.7. The van der Waals surface area contributed by atoms with Crippen molar-refractivity contribution in [1.82, 2.24) is 19.6 Å². The molecule has 4 amide bonds. The van der Waals surface area contributed by atoms with E-state index in [4.69, 9.17) is 0 Å². The third-order valence-electron chi connectivity index (χ3n) is 3.90. The zero-order valence-electron chi connectivity index (χ0n) is 12.1. The first kappa shape index (κ1) is 17.0. The maximum absolute atomic E-state index is 12.6. The average Bonchev–Trinajstić information content (AvgIpc) is 2.86. The molecule has 6 nitrogen and oxygen atoms in total. The van der Waals surface area contributed by atoms with E-state index in [2.05, 4.69) is 37.9 Å². The molecular formula is C12H22N4O2S3. The number of nitrogens with zero attached hydrogens (tertiary/aromatic N) is 4. The Hall–Kier alpha value is -0.410. The summed E-state index contributed by atoms with van der Waals surface area (Å²) in [4.78, 5) is 32.0. The highest BCUT2D eigenvalue weighted by Gasteiger charge is 2.57. The van der Waals surface area contributed by atoms with Gasteiger partial charge in [0.25, 0.3) is 0 Å². The van der Waals surface area contributed by atoms with Crippen molar-refractivity contribution in [3.05, 3.63) is 0 Å². The minimum absolute atomic E-state index is 0.0238. The Morgan fingerprint density at radius 2 is 1.33 bits per heavy atom. The standard InChI is InChI=1S/C12H22N4O2S3/c1-13-9-10(16(5-8-21)11(13)17)14(3-2-6-19)12(18)15(9)4-7-20/h9-10,19-21H,2-8H2,1H3/t9-,10-/m0/s1. The number of hydrogen-bond donors (Lipinski definition) is 3. The molecule has 120 valence electrons. The lowest BCUT2D eigenvalue weighted by Gasteiger charge is -2.29. The van der Waals surface area contributed by atoms with Gasteiger partial charge in [-0.15, -0.1) is 0 Å². The van der Waals surface area contributed by atoms with Crippen LogP contribution in [0, 0.1) is 0 Å². The van der Waals surface area contributed by atoms with Gasteiger partial charge in [0.15, 0.2) is 0 Å². The Bertz CT molecular complexity index is 408. The zero-order chi connectivity index (χ0) is 15.6. The molecule has 2 rings (SSSR count). The van der Waals surface area contributed by atoms with Gasteiger partial charge in [0, 0.05) is 38.2 Å². The van der Waals surface area contributed by atoms with Crippen LogP contribution < -0.4 is 0 Å². The molecule has 2 aliphatic rings. The maximum Gasteiger partial charge on any atom is 0.323 e. The third kappa shape index (κ3) is 2.92. The van der Waals surface area contributed by atoms with E-state index in [-0.39, 0.29) is 24.4 Å². The van der Waals surface area contributed by atoms with Gasteiger partial charge in [-0.1, -0.05) is 0 Å². The van der Waals surface area contributed by atoms with Crippen molar-refractivity contribution < 1.29 is 9.59 Å². The van der Waals surface area contributed by atoms with E-state index < -0.39 is 0 Å². The predicted octanol–water partition coefficient (Wildman–Crippen LogP) is 0.923. The van der Waals surface area contributed by atoms with Crippen LogP contribution >= 0.6 is 37.9 Å². The van der Waals surface area contributed by atoms with E-state index in [1.165, 1.54) is 0 Å². The van der Waals surface area contributed by atoms with E-state index in [9.17, 15) is 9.59 Å². The number of carbonyl (C=O) groups excluding carboxylic acids is 2. The summed E-state index contributed by atoms with van der Waals surface area (Å²) in [7, 11) is 1.75. The molecule has 9 heteroatoms. The van der Waals surface area contributed by atoms with Gasteiger partial charge >= 0.3 is 12.1 Å². The number of rotatable bonds is 7. The van der Waals surface area contributed by atoms with Crippen LogP contribution in [0.4, 0.5) is 9.59 Å². The largest absolute Gasteiger partial charge is 0.323 e. The fourth-order valence-corrected chi connectivity index (χ4v) is 3.59. The Kier molecular flexibility index (Phi) is 5.84. The number of thiol groups is 3. The first-order valence-electron chi connectivity index (χ1n) is 7.01. The van der Waals surface area contributed by atoms with Crippen LogP contribution in [0.5, 0.6) is 0 Å². The second-order valence-corrected chi connectivity index (χ2v) is 6.45. The molecule has 0 radical (unpaired) electrons. The molecule has 0 bridgehead atoms. The van der Waals surface area contributed by atoms with Gasteiger partial charge < -0.3 is 4.90 Å². The topological polar surface area (TPSA) is 47.1 Å². The van der Waals surface area contributed by atoms with Crippen molar-refractivity contribution in [3.63, 3.8) is 0 Å². The number of fused-ring (bicyclic) bond motifs is 1. The number of amides is 4. The van der Waals surface area contributed by atoms with Gasteiger partial charge in [-0.2, -0.15) is 37.9 Å². The number of urea groups is 2. The lowest BCUT2D eigenvalue weighted by atomic mass is 10.3. The Balaban J connectivity index is 2.29. The highest BCUT2D eigenvalue weighted by atomic mass is 32.1. The van der Waals surface area contributed by atoms with E-state index in [0.29, 0.717) is 36.9 Å². The quantitative estimate of drug-likeness (QED) is 0.598. The van der Waals surface area contributed by atoms with Gasteiger partial charge in [-0.25, -0.2) is 9.59 Å². The molecule has 0 unspecified atom stereocenters. The number of carbonyl (C=O) groups is 2. The second-order valence-electron chi connectivity index (χ2n) is 5.11. The molecule has 2 heterocycles. The number of likely N-dealkylation sites (N-methyl/N-ethyl adjacent to an activating group) is 1. The normalized spacial score (nSPS) is 25.3. The summed E-state index contributed by atoms with van der Waals surface area (Å²) in [6.07, 6.45) is 0.332. The Morgan fingerprint density at radius 1 is 0.810 bits per heavy atom. The number of hydrogen-bond acceptors (Lipinski definition) is 5. The molecule has 0 N–H and O–H groups in total. The van der Waals surface area contributed by atoms with Crippen LogP contribution in [0.25, 0.3) is 0 Å². The predicted molar refractivity (Wildman–Crippen MR) is 92.4 cm³/mol. The molecule has 2 fully saturated rings. The first-order valence-corrected chi connectivity index (χ1v) is 8.91. The lowest BCUT2D eigenvalue weighted by Crippen LogP contribution is -2.47. The molecule has 2 saturated heterocycles. The van der Waals surface area contributed by atoms with Crippen molar-refractivity contribution in [2.45, 2.75) is 18.8 Å². The van der Waals surface area contributed by atoms with Crippen molar-refractivity contribution in [2.75, 3.05) is 43.9 Å². The van der Waals surface area contributed by atoms with Crippen molar-refractivity contribution in [3.8, 4) is 0 Å². The summed E-state index contributed by atoms with van der Waals surface area (Å²) in [5.41, 5.74) is 0. The van der Waals surface area contributed by atoms with E-state index in [1.807, 2.05) is 0 Å². The summed E-state index contributed by atoms with van der Waals surface area (Å²) >= 11 is 12.7. The molecule has 21 heavy (non-hydrogen) atoms. The molecule has 2 atom stereocenters. The second kappa shape index (κ2) is 7.23. The molecule has 0 aromatic rings. The summed E-state index contributed by atoms with van der Waals surface area (Å²) in [5, 5.41) is 0. The summed E-state index contributed by atoms with van der Waals surface area (Å²) in [5.74, 6) is 1.86. The highest BCUT2D eigenvalue weighted by Crippen LogP contribution is 2.34. The summed E-state index contributed by atoms with van der Waals surface area (Å²) < 4.78 is 0. The van der Waals surface area contributed by atoms with Gasteiger partial charge in [0.1, 0.15) is 12.3 Å². The minimum atomic E-state index is -0.239. The highest BCUT2D eigenvalue weighted by molar-refractivity contribution is 7.80. The molecule has 0 spiro atoms. The molecule has 0 aliphatic carbocycles. The first-order chi connectivity index (χ1) is 10.1. The van der Waals surface area contributed by atoms with Crippen LogP contribution in [0.3, 0.4) is 0 Å². The van der Waals surface area contributed by atoms with Gasteiger partial charge in [-0.3, -0.25) is 14.7 Å². The third-order valence-corrected chi connectivity index (χ3v) is 4.62. The van der Waals surface area contributed by atoms with Gasteiger partial charge in [0.05, 0.1) is 0 Å². The maximum atomic E-state index is 12.6. The van der Waals surface area contributed by atoms with Gasteiger partial charge in [0.2, 0.25) is 0 Å². The average molecular weight is 351 g/mol. The Morgan fingerprint density at radius 3 is 1.86 bits per heavy atom. The lowest BCUT2D eigenvalue weighted by molar-refractivity contribution is 0.133. The van der Waals surface area contributed by atoms with Crippen LogP contribution in [0.2, 0.25) is 0 Å². The van der Waals surface area contributed by atoms with Crippen molar-refractivity contribution in [2.24, 2.45) is 0 Å². The van der Waals surface area contributed by atoms with Gasteiger partial charge in [-0.05, 0) is 12.2 Å². The van der Waals surface area contributed by atoms with Crippen LogP contribution in [0.15, 0.2) is 0 Å². The summed E-state index contributed by atoms with van der Waals surface area (Å²) in [6.45, 7) is 1.68. The monoisotopic (exact) mass is 350 g/mol. The van der Waals surface area contributed by atoms with E-state index >= 15 is 0 Å². The van der Waals surface area contributed by atoms with Crippen molar-refractivity contribution in [1.29, 1.82) is 0 Å². The van der Waals surface area contributed by atoms with Crippen LogP contribution in [0.1, 0.15) is 6.42 Å². The SMILES string of the molecule is CN1C(=O)N(CCS)[C@H]2[C@@H]1N(CCS)C(=O)N2CCCS. The smallest absolute Gasteiger partial charge is 0.303 e. The van der Waals surface area contributed by atoms with Crippen LogP contribution in [-0.2, 0) is 0 Å². The fraction of sp³-hybridized carbons (Fsp3) is 0.833. The molecule has 0 saturated carbocycles. The Labute approximate surface area is 142 Å². The minimum Gasteiger partial charge on any atom is -0.303 e. The van der Waals surface area contributed by atoms with Crippen LogP contribution in [-0.4, -0.2) is 87.9 Å². The fourth-order valence-electron chi connectivity index (χ4n) is 3.02. The molecule has 2 aliphatic heterocycles. The molecule has 0 aromatic carbocycles. The molecular weight excluding hydrogens is 328 g/mol. The summed E-state index contributed by atoms with van der Waals surface area (Å²) in [6, 6.07) is -0.0732. The molecule has 0 aromatic heterocycles. The van der Waals surface area contributed by atoms with E-state index in [1.54, 1.807) is 26.6 Å². The van der Waals surface area contributed by atoms with Crippen molar-refractivity contribution >= 4 is 49.9 Å². The van der Waals surface area contributed by atoms with E-state index in [0.717, 1.165) is 6.42 Å².